The lowest BCUT2D eigenvalue weighted by atomic mass is 10.0. The molecule has 4 rings (SSSR count). The number of aryl methyl sites for hydroxylation is 1. The summed E-state index contributed by atoms with van der Waals surface area (Å²) < 4.78 is 1.68. The standard InChI is InChI=1S/C24H25ClN6O/c1-17(19-5-3-2-4-6-19)15-27-24(32)14-13-23-29-28-22-12-11-21(30-31(22)23)26-16-18-7-9-20(25)10-8-18/h2-12,17H,13-16H2,1H3,(H,26,30)(H,27,32). The third kappa shape index (κ3) is 5.62. The van der Waals surface area contributed by atoms with Crippen molar-refractivity contribution in [3.63, 3.8) is 0 Å². The lowest BCUT2D eigenvalue weighted by Crippen LogP contribution is -2.27. The number of amides is 1. The van der Waals surface area contributed by atoms with Gasteiger partial charge in [-0.25, -0.2) is 0 Å². The molecule has 0 spiro atoms. The molecule has 8 heteroatoms. The van der Waals surface area contributed by atoms with Crippen molar-refractivity contribution in [2.75, 3.05) is 11.9 Å². The second kappa shape index (κ2) is 10.2. The Labute approximate surface area is 191 Å². The fourth-order valence-corrected chi connectivity index (χ4v) is 3.48. The summed E-state index contributed by atoms with van der Waals surface area (Å²) in [5.74, 6) is 1.60. The molecule has 1 amide bonds. The third-order valence-corrected chi connectivity index (χ3v) is 5.52. The molecule has 4 aromatic rings. The Balaban J connectivity index is 1.32. The number of hydrogen-bond donors (Lipinski definition) is 2. The van der Waals surface area contributed by atoms with Crippen LogP contribution in [0.15, 0.2) is 66.7 Å². The van der Waals surface area contributed by atoms with Gasteiger partial charge in [0.25, 0.3) is 0 Å². The first kappa shape index (κ1) is 21.8. The minimum absolute atomic E-state index is 0.0125. The second-order valence-electron chi connectivity index (χ2n) is 7.70. The molecule has 0 saturated carbocycles. The number of carbonyl (C=O) groups is 1. The number of carbonyl (C=O) groups excluding carboxylic acids is 1. The van der Waals surface area contributed by atoms with Gasteiger partial charge in [0.2, 0.25) is 5.91 Å². The molecule has 0 saturated heterocycles. The Morgan fingerprint density at radius 2 is 1.81 bits per heavy atom. The van der Waals surface area contributed by atoms with E-state index in [0.29, 0.717) is 48.2 Å². The van der Waals surface area contributed by atoms with E-state index in [9.17, 15) is 4.79 Å². The molecule has 0 aliphatic heterocycles. The zero-order valence-corrected chi connectivity index (χ0v) is 18.6. The maximum Gasteiger partial charge on any atom is 0.220 e. The molecule has 0 fully saturated rings. The molecule has 32 heavy (non-hydrogen) atoms. The van der Waals surface area contributed by atoms with Crippen molar-refractivity contribution in [2.24, 2.45) is 0 Å². The van der Waals surface area contributed by atoms with Gasteiger partial charge < -0.3 is 10.6 Å². The molecule has 2 aromatic carbocycles. The van der Waals surface area contributed by atoms with Crippen molar-refractivity contribution in [3.8, 4) is 0 Å². The van der Waals surface area contributed by atoms with E-state index in [2.05, 4.69) is 45.0 Å². The Morgan fingerprint density at radius 3 is 2.59 bits per heavy atom. The summed E-state index contributed by atoms with van der Waals surface area (Å²) in [6, 6.07) is 21.5. The summed E-state index contributed by atoms with van der Waals surface area (Å²) in [4.78, 5) is 12.3. The van der Waals surface area contributed by atoms with Crippen molar-refractivity contribution < 1.29 is 4.79 Å². The summed E-state index contributed by atoms with van der Waals surface area (Å²) in [7, 11) is 0. The van der Waals surface area contributed by atoms with E-state index in [1.54, 1.807) is 4.52 Å². The quantitative estimate of drug-likeness (QED) is 0.400. The first-order valence-electron chi connectivity index (χ1n) is 10.6. The molecular formula is C24H25ClN6O. The molecule has 1 unspecified atom stereocenters. The van der Waals surface area contributed by atoms with Crippen molar-refractivity contribution in [2.45, 2.75) is 32.2 Å². The fourth-order valence-electron chi connectivity index (χ4n) is 3.36. The molecule has 164 valence electrons. The van der Waals surface area contributed by atoms with E-state index in [4.69, 9.17) is 11.6 Å². The van der Waals surface area contributed by atoms with Gasteiger partial charge in [0.15, 0.2) is 11.5 Å². The van der Waals surface area contributed by atoms with Crippen LogP contribution in [0, 0.1) is 0 Å². The van der Waals surface area contributed by atoms with Gasteiger partial charge in [0.1, 0.15) is 5.82 Å². The normalized spacial score (nSPS) is 11.9. The molecule has 1 atom stereocenters. The van der Waals surface area contributed by atoms with Crippen LogP contribution in [0.5, 0.6) is 0 Å². The Kier molecular flexibility index (Phi) is 6.97. The van der Waals surface area contributed by atoms with Crippen molar-refractivity contribution in [1.29, 1.82) is 0 Å². The lowest BCUT2D eigenvalue weighted by Gasteiger charge is -2.12. The first-order valence-corrected chi connectivity index (χ1v) is 11.0. The number of halogens is 1. The lowest BCUT2D eigenvalue weighted by molar-refractivity contribution is -0.121. The van der Waals surface area contributed by atoms with Gasteiger partial charge in [-0.05, 0) is 41.3 Å². The average molecular weight is 449 g/mol. The molecule has 2 aromatic heterocycles. The van der Waals surface area contributed by atoms with Crippen LogP contribution in [0.3, 0.4) is 0 Å². The smallest absolute Gasteiger partial charge is 0.220 e. The predicted molar refractivity (Wildman–Crippen MR) is 126 cm³/mol. The molecule has 2 N–H and O–H groups in total. The molecule has 0 aliphatic rings. The number of fused-ring (bicyclic) bond motifs is 1. The van der Waals surface area contributed by atoms with E-state index in [-0.39, 0.29) is 11.8 Å². The van der Waals surface area contributed by atoms with Crippen LogP contribution >= 0.6 is 11.6 Å². The predicted octanol–water partition coefficient (Wildman–Crippen LogP) is 4.24. The van der Waals surface area contributed by atoms with E-state index in [1.807, 2.05) is 54.6 Å². The van der Waals surface area contributed by atoms with Gasteiger partial charge in [0.05, 0.1) is 0 Å². The zero-order valence-electron chi connectivity index (χ0n) is 17.8. The highest BCUT2D eigenvalue weighted by Gasteiger charge is 2.12. The molecule has 7 nitrogen and oxygen atoms in total. The molecule has 0 radical (unpaired) electrons. The molecule has 0 aliphatic carbocycles. The second-order valence-corrected chi connectivity index (χ2v) is 8.14. The van der Waals surface area contributed by atoms with Gasteiger partial charge in [-0.3, -0.25) is 4.79 Å². The number of nitrogens with one attached hydrogen (secondary N) is 2. The highest BCUT2D eigenvalue weighted by atomic mass is 35.5. The van der Waals surface area contributed by atoms with Crippen LogP contribution in [-0.4, -0.2) is 32.3 Å². The fraction of sp³-hybridized carbons (Fsp3) is 0.250. The van der Waals surface area contributed by atoms with Crippen LogP contribution in [0.1, 0.15) is 36.2 Å². The zero-order chi connectivity index (χ0) is 22.3. The summed E-state index contributed by atoms with van der Waals surface area (Å²) in [5.41, 5.74) is 2.95. The highest BCUT2D eigenvalue weighted by molar-refractivity contribution is 6.30. The maximum atomic E-state index is 12.3. The minimum Gasteiger partial charge on any atom is -0.365 e. The van der Waals surface area contributed by atoms with Gasteiger partial charge in [-0.1, -0.05) is 61.0 Å². The van der Waals surface area contributed by atoms with Crippen LogP contribution < -0.4 is 10.6 Å². The Hall–Kier alpha value is -3.45. The van der Waals surface area contributed by atoms with Crippen molar-refractivity contribution in [1.82, 2.24) is 25.1 Å². The molecular weight excluding hydrogens is 424 g/mol. The van der Waals surface area contributed by atoms with Gasteiger partial charge in [-0.2, -0.15) is 4.52 Å². The maximum absolute atomic E-state index is 12.3. The van der Waals surface area contributed by atoms with E-state index in [0.717, 1.165) is 5.56 Å². The number of aromatic nitrogens is 4. The Morgan fingerprint density at radius 1 is 1.03 bits per heavy atom. The van der Waals surface area contributed by atoms with Crippen LogP contribution in [0.2, 0.25) is 5.02 Å². The number of rotatable bonds is 9. The number of nitrogens with zero attached hydrogens (tertiary/aromatic N) is 4. The van der Waals surface area contributed by atoms with Gasteiger partial charge in [0, 0.05) is 31.0 Å². The molecule has 2 heterocycles. The summed E-state index contributed by atoms with van der Waals surface area (Å²) in [6.45, 7) is 3.32. The van der Waals surface area contributed by atoms with Crippen LogP contribution in [0.4, 0.5) is 5.82 Å². The number of hydrogen-bond acceptors (Lipinski definition) is 5. The largest absolute Gasteiger partial charge is 0.365 e. The highest BCUT2D eigenvalue weighted by Crippen LogP contribution is 2.14. The van der Waals surface area contributed by atoms with E-state index in [1.165, 1.54) is 5.56 Å². The van der Waals surface area contributed by atoms with Gasteiger partial charge >= 0.3 is 0 Å². The van der Waals surface area contributed by atoms with Crippen LogP contribution in [-0.2, 0) is 17.8 Å². The number of anilines is 1. The summed E-state index contributed by atoms with van der Waals surface area (Å²) >= 11 is 5.94. The van der Waals surface area contributed by atoms with E-state index < -0.39 is 0 Å². The summed E-state index contributed by atoms with van der Waals surface area (Å²) in [6.07, 6.45) is 0.784. The van der Waals surface area contributed by atoms with Crippen molar-refractivity contribution in [3.05, 3.63) is 88.7 Å². The van der Waals surface area contributed by atoms with Crippen molar-refractivity contribution >= 4 is 29.0 Å². The SMILES string of the molecule is CC(CNC(=O)CCc1nnc2ccc(NCc3ccc(Cl)cc3)nn12)c1ccccc1. The average Bonchev–Trinajstić information content (AvgIpc) is 3.23. The monoisotopic (exact) mass is 448 g/mol. The van der Waals surface area contributed by atoms with E-state index >= 15 is 0 Å². The van der Waals surface area contributed by atoms with Crippen LogP contribution in [0.25, 0.3) is 5.65 Å². The topological polar surface area (TPSA) is 84.2 Å². The number of benzene rings is 2. The molecule has 0 bridgehead atoms. The summed E-state index contributed by atoms with van der Waals surface area (Å²) in [5, 5.41) is 20.0. The van der Waals surface area contributed by atoms with Gasteiger partial charge in [-0.15, -0.1) is 15.3 Å². The Bertz CT molecular complexity index is 1180. The first-order chi connectivity index (χ1) is 15.6. The third-order valence-electron chi connectivity index (χ3n) is 5.26. The minimum atomic E-state index is -0.0125.